The van der Waals surface area contributed by atoms with E-state index in [4.69, 9.17) is 17.3 Å². The van der Waals surface area contributed by atoms with Gasteiger partial charge in [-0.05, 0) is 43.2 Å². The summed E-state index contributed by atoms with van der Waals surface area (Å²) in [6.07, 6.45) is 3.99. The van der Waals surface area contributed by atoms with E-state index in [1.54, 1.807) is 17.8 Å². The van der Waals surface area contributed by atoms with Gasteiger partial charge >= 0.3 is 0 Å². The molecule has 0 spiro atoms. The molecule has 1 fully saturated rings. The highest BCUT2D eigenvalue weighted by molar-refractivity contribution is 7.98. The van der Waals surface area contributed by atoms with Gasteiger partial charge in [0.2, 0.25) is 0 Å². The third kappa shape index (κ3) is 4.28. The first-order chi connectivity index (χ1) is 9.56. The van der Waals surface area contributed by atoms with Crippen LogP contribution in [0.4, 0.5) is 0 Å². The van der Waals surface area contributed by atoms with Crippen molar-refractivity contribution in [3.63, 3.8) is 0 Å². The number of piperidine rings is 1. The van der Waals surface area contributed by atoms with Gasteiger partial charge in [0.05, 0.1) is 10.6 Å². The Kier molecular flexibility index (Phi) is 7.34. The molecule has 1 heterocycles. The number of likely N-dealkylation sites (tertiary alicyclic amines) is 1. The van der Waals surface area contributed by atoms with Crippen molar-refractivity contribution in [1.82, 2.24) is 4.90 Å². The van der Waals surface area contributed by atoms with E-state index in [1.165, 1.54) is 0 Å². The first-order valence-electron chi connectivity index (χ1n) is 6.91. The van der Waals surface area contributed by atoms with Crippen LogP contribution in [-0.2, 0) is 0 Å². The fraction of sp³-hybridized carbons (Fsp3) is 0.533. The summed E-state index contributed by atoms with van der Waals surface area (Å²) >= 11 is 7.81. The molecule has 1 aromatic rings. The SMILES string of the molecule is CSc1ccc(Cl)c(C(=O)N2CCC(C)CC2CN)c1.Cl. The van der Waals surface area contributed by atoms with Crippen LogP contribution < -0.4 is 5.73 Å². The van der Waals surface area contributed by atoms with Gasteiger partial charge in [0.15, 0.2) is 0 Å². The molecule has 2 N–H and O–H groups in total. The number of amides is 1. The van der Waals surface area contributed by atoms with Crippen LogP contribution in [0, 0.1) is 5.92 Å². The molecule has 0 aliphatic carbocycles. The van der Waals surface area contributed by atoms with E-state index in [0.29, 0.717) is 23.0 Å². The lowest BCUT2D eigenvalue weighted by molar-refractivity contribution is 0.0573. The molecule has 1 aromatic carbocycles. The highest BCUT2D eigenvalue weighted by Crippen LogP contribution is 2.28. The van der Waals surface area contributed by atoms with Gasteiger partial charge in [0.25, 0.3) is 5.91 Å². The van der Waals surface area contributed by atoms with Gasteiger partial charge in [-0.3, -0.25) is 4.79 Å². The van der Waals surface area contributed by atoms with Crippen molar-refractivity contribution in [3.8, 4) is 0 Å². The molecule has 2 rings (SSSR count). The Bertz CT molecular complexity index is 499. The fourth-order valence-corrected chi connectivity index (χ4v) is 3.33. The van der Waals surface area contributed by atoms with Crippen LogP contribution in [0.2, 0.25) is 5.02 Å². The van der Waals surface area contributed by atoms with Crippen molar-refractivity contribution in [1.29, 1.82) is 0 Å². The maximum Gasteiger partial charge on any atom is 0.255 e. The second-order valence-corrected chi connectivity index (χ2v) is 6.65. The van der Waals surface area contributed by atoms with Crippen LogP contribution in [0.5, 0.6) is 0 Å². The van der Waals surface area contributed by atoms with Crippen LogP contribution in [-0.4, -0.2) is 36.2 Å². The molecule has 0 saturated carbocycles. The van der Waals surface area contributed by atoms with E-state index >= 15 is 0 Å². The van der Waals surface area contributed by atoms with Gasteiger partial charge in [-0.25, -0.2) is 0 Å². The Labute approximate surface area is 142 Å². The van der Waals surface area contributed by atoms with Crippen LogP contribution in [0.1, 0.15) is 30.1 Å². The van der Waals surface area contributed by atoms with Crippen LogP contribution >= 0.6 is 35.8 Å². The highest BCUT2D eigenvalue weighted by Gasteiger charge is 2.30. The second kappa shape index (κ2) is 8.28. The molecule has 2 atom stereocenters. The minimum Gasteiger partial charge on any atom is -0.334 e. The lowest BCUT2D eigenvalue weighted by Gasteiger charge is -2.38. The number of rotatable bonds is 3. The molecule has 1 amide bonds. The Morgan fingerprint density at radius 2 is 2.24 bits per heavy atom. The van der Waals surface area contributed by atoms with Crippen molar-refractivity contribution in [2.45, 2.75) is 30.7 Å². The average Bonchev–Trinajstić information content (AvgIpc) is 2.47. The summed E-state index contributed by atoms with van der Waals surface area (Å²) in [4.78, 5) is 15.7. The van der Waals surface area contributed by atoms with Crippen molar-refractivity contribution >= 4 is 41.7 Å². The topological polar surface area (TPSA) is 46.3 Å². The molecule has 3 nitrogen and oxygen atoms in total. The number of hydrogen-bond acceptors (Lipinski definition) is 3. The zero-order valence-corrected chi connectivity index (χ0v) is 14.7. The van der Waals surface area contributed by atoms with Crippen LogP contribution in [0.25, 0.3) is 0 Å². The molecule has 2 unspecified atom stereocenters. The molecule has 21 heavy (non-hydrogen) atoms. The first kappa shape index (κ1) is 18.6. The third-order valence-electron chi connectivity index (χ3n) is 3.91. The molecule has 0 radical (unpaired) electrons. The maximum absolute atomic E-state index is 12.7. The second-order valence-electron chi connectivity index (χ2n) is 5.36. The molecular formula is C15H22Cl2N2OS. The number of benzene rings is 1. The van der Waals surface area contributed by atoms with Gasteiger partial charge in [0, 0.05) is 24.0 Å². The molecule has 1 aliphatic rings. The quantitative estimate of drug-likeness (QED) is 0.847. The predicted molar refractivity (Wildman–Crippen MR) is 92.8 cm³/mol. The van der Waals surface area contributed by atoms with E-state index < -0.39 is 0 Å². The Morgan fingerprint density at radius 1 is 1.52 bits per heavy atom. The Balaban J connectivity index is 0.00000220. The zero-order chi connectivity index (χ0) is 14.7. The van der Waals surface area contributed by atoms with Crippen LogP contribution in [0.3, 0.4) is 0 Å². The zero-order valence-electron chi connectivity index (χ0n) is 12.3. The van der Waals surface area contributed by atoms with Crippen molar-refractivity contribution in [3.05, 3.63) is 28.8 Å². The smallest absolute Gasteiger partial charge is 0.255 e. The van der Waals surface area contributed by atoms with Crippen LogP contribution in [0.15, 0.2) is 23.1 Å². The van der Waals surface area contributed by atoms with E-state index in [9.17, 15) is 4.79 Å². The molecule has 1 aliphatic heterocycles. The number of carbonyl (C=O) groups is 1. The van der Waals surface area contributed by atoms with E-state index in [1.807, 2.05) is 23.3 Å². The first-order valence-corrected chi connectivity index (χ1v) is 8.51. The summed E-state index contributed by atoms with van der Waals surface area (Å²) in [5.74, 6) is 0.633. The minimum absolute atomic E-state index is 0. The molecule has 0 aromatic heterocycles. The number of hydrogen-bond donors (Lipinski definition) is 1. The Morgan fingerprint density at radius 3 is 2.86 bits per heavy atom. The number of carbonyl (C=O) groups excluding carboxylic acids is 1. The van der Waals surface area contributed by atoms with E-state index in [2.05, 4.69) is 6.92 Å². The predicted octanol–water partition coefficient (Wildman–Crippen LogP) is 3.68. The number of nitrogens with zero attached hydrogens (tertiary/aromatic N) is 1. The van der Waals surface area contributed by atoms with Crippen molar-refractivity contribution in [2.24, 2.45) is 11.7 Å². The van der Waals surface area contributed by atoms with Gasteiger partial charge in [0.1, 0.15) is 0 Å². The summed E-state index contributed by atoms with van der Waals surface area (Å²) in [6, 6.07) is 5.73. The Hall–Kier alpha value is -0.420. The minimum atomic E-state index is 0. The molecule has 118 valence electrons. The molecule has 6 heteroatoms. The average molecular weight is 349 g/mol. The number of thioether (sulfide) groups is 1. The normalized spacial score (nSPS) is 21.8. The largest absolute Gasteiger partial charge is 0.334 e. The number of halogens is 2. The van der Waals surface area contributed by atoms with Gasteiger partial charge in [-0.1, -0.05) is 18.5 Å². The molecule has 0 bridgehead atoms. The molecular weight excluding hydrogens is 327 g/mol. The maximum atomic E-state index is 12.7. The fourth-order valence-electron chi connectivity index (χ4n) is 2.69. The highest BCUT2D eigenvalue weighted by atomic mass is 35.5. The monoisotopic (exact) mass is 348 g/mol. The summed E-state index contributed by atoms with van der Waals surface area (Å²) in [6.45, 7) is 3.49. The summed E-state index contributed by atoms with van der Waals surface area (Å²) < 4.78 is 0. The lowest BCUT2D eigenvalue weighted by Crippen LogP contribution is -2.49. The lowest BCUT2D eigenvalue weighted by atomic mass is 9.92. The standard InChI is InChI=1S/C15H21ClN2OS.ClH/c1-10-5-6-18(11(7-10)9-17)15(19)13-8-12(20-2)3-4-14(13)16;/h3-4,8,10-11H,5-7,9,17H2,1-2H3;1H. The van der Waals surface area contributed by atoms with Gasteiger partial charge in [-0.15, -0.1) is 24.2 Å². The summed E-state index contributed by atoms with van der Waals surface area (Å²) in [5, 5.41) is 0.516. The van der Waals surface area contributed by atoms with Crippen molar-refractivity contribution in [2.75, 3.05) is 19.3 Å². The van der Waals surface area contributed by atoms with Crippen molar-refractivity contribution < 1.29 is 4.79 Å². The summed E-state index contributed by atoms with van der Waals surface area (Å²) in [5.41, 5.74) is 6.42. The summed E-state index contributed by atoms with van der Waals surface area (Å²) in [7, 11) is 0. The third-order valence-corrected chi connectivity index (χ3v) is 4.97. The van der Waals surface area contributed by atoms with Gasteiger partial charge in [-0.2, -0.15) is 0 Å². The molecule has 1 saturated heterocycles. The number of nitrogens with two attached hydrogens (primary N) is 1. The van der Waals surface area contributed by atoms with E-state index in [0.717, 1.165) is 24.3 Å². The van der Waals surface area contributed by atoms with Gasteiger partial charge < -0.3 is 10.6 Å². The van der Waals surface area contributed by atoms with E-state index in [-0.39, 0.29) is 24.4 Å².